The van der Waals surface area contributed by atoms with Crippen LogP contribution in [-0.4, -0.2) is 45.3 Å². The van der Waals surface area contributed by atoms with Crippen molar-refractivity contribution in [3.8, 4) is 6.07 Å². The standard InChI is InChI=1S/C13H18FN3O/c1-17(2)6-8-18-7-5-16-13-4-3-11(10-15)9-12(13)14/h3-4,9,16H,5-8H2,1-2H3. The van der Waals surface area contributed by atoms with E-state index in [0.717, 1.165) is 6.54 Å². The summed E-state index contributed by atoms with van der Waals surface area (Å²) in [4.78, 5) is 2.04. The molecule has 0 atom stereocenters. The number of rotatable bonds is 7. The second-order valence-electron chi connectivity index (χ2n) is 4.15. The molecule has 1 rings (SSSR count). The van der Waals surface area contributed by atoms with E-state index in [1.54, 1.807) is 12.1 Å². The van der Waals surface area contributed by atoms with Crippen LogP contribution in [0.15, 0.2) is 18.2 Å². The van der Waals surface area contributed by atoms with Gasteiger partial charge in [0.15, 0.2) is 0 Å². The van der Waals surface area contributed by atoms with Gasteiger partial charge in [-0.15, -0.1) is 0 Å². The number of benzene rings is 1. The van der Waals surface area contributed by atoms with Gasteiger partial charge in [0.2, 0.25) is 0 Å². The van der Waals surface area contributed by atoms with Crippen molar-refractivity contribution in [1.82, 2.24) is 4.90 Å². The smallest absolute Gasteiger partial charge is 0.147 e. The maximum absolute atomic E-state index is 13.5. The van der Waals surface area contributed by atoms with E-state index >= 15 is 0 Å². The fraction of sp³-hybridized carbons (Fsp3) is 0.462. The van der Waals surface area contributed by atoms with E-state index in [-0.39, 0.29) is 0 Å². The van der Waals surface area contributed by atoms with E-state index in [0.29, 0.717) is 31.0 Å². The molecule has 0 aliphatic heterocycles. The molecule has 0 aromatic heterocycles. The highest BCUT2D eigenvalue weighted by Crippen LogP contribution is 2.14. The molecule has 98 valence electrons. The number of likely N-dealkylation sites (N-methyl/N-ethyl adjacent to an activating group) is 1. The van der Waals surface area contributed by atoms with Gasteiger partial charge in [-0.3, -0.25) is 0 Å². The summed E-state index contributed by atoms with van der Waals surface area (Å²) in [5.74, 6) is -0.414. The molecule has 0 heterocycles. The first kappa shape index (κ1) is 14.4. The predicted molar refractivity (Wildman–Crippen MR) is 69.0 cm³/mol. The molecule has 4 nitrogen and oxygen atoms in total. The topological polar surface area (TPSA) is 48.3 Å². The molecule has 5 heteroatoms. The van der Waals surface area contributed by atoms with Crippen molar-refractivity contribution >= 4 is 5.69 Å². The lowest BCUT2D eigenvalue weighted by molar-refractivity contribution is 0.126. The van der Waals surface area contributed by atoms with Crippen molar-refractivity contribution < 1.29 is 9.13 Å². The molecule has 1 N–H and O–H groups in total. The minimum atomic E-state index is -0.414. The molecule has 1 aromatic carbocycles. The molecule has 0 aliphatic carbocycles. The maximum Gasteiger partial charge on any atom is 0.147 e. The molecule has 0 saturated carbocycles. The summed E-state index contributed by atoms with van der Waals surface area (Å²) in [6.07, 6.45) is 0. The van der Waals surface area contributed by atoms with E-state index in [4.69, 9.17) is 10.00 Å². The number of hydrogen-bond acceptors (Lipinski definition) is 4. The van der Waals surface area contributed by atoms with Crippen LogP contribution in [0.4, 0.5) is 10.1 Å². The lowest BCUT2D eigenvalue weighted by atomic mass is 10.2. The average molecular weight is 251 g/mol. The highest BCUT2D eigenvalue weighted by atomic mass is 19.1. The van der Waals surface area contributed by atoms with Gasteiger partial charge in [-0.1, -0.05) is 0 Å². The van der Waals surface area contributed by atoms with Crippen LogP contribution in [0.5, 0.6) is 0 Å². The molecule has 0 amide bonds. The minimum Gasteiger partial charge on any atom is -0.380 e. The largest absolute Gasteiger partial charge is 0.380 e. The SMILES string of the molecule is CN(C)CCOCCNc1ccc(C#N)cc1F. The molecule has 18 heavy (non-hydrogen) atoms. The molecule has 0 unspecified atom stereocenters. The summed E-state index contributed by atoms with van der Waals surface area (Å²) >= 11 is 0. The van der Waals surface area contributed by atoms with E-state index in [1.165, 1.54) is 6.07 Å². The predicted octanol–water partition coefficient (Wildman–Crippen LogP) is 1.69. The third kappa shape index (κ3) is 5.13. The second-order valence-corrected chi connectivity index (χ2v) is 4.15. The van der Waals surface area contributed by atoms with Crippen LogP contribution in [0.3, 0.4) is 0 Å². The lowest BCUT2D eigenvalue weighted by Crippen LogP contribution is -2.20. The van der Waals surface area contributed by atoms with E-state index in [9.17, 15) is 4.39 Å². The first-order valence-electron chi connectivity index (χ1n) is 5.79. The molecular formula is C13H18FN3O. The molecule has 0 fully saturated rings. The van der Waals surface area contributed by atoms with Gasteiger partial charge >= 0.3 is 0 Å². The Bertz CT molecular complexity index is 415. The molecule has 1 aromatic rings. The minimum absolute atomic E-state index is 0.320. The van der Waals surface area contributed by atoms with E-state index in [1.807, 2.05) is 25.1 Å². The second kappa shape index (κ2) is 7.64. The van der Waals surface area contributed by atoms with Gasteiger partial charge in [0.05, 0.1) is 30.5 Å². The summed E-state index contributed by atoms with van der Waals surface area (Å²) in [7, 11) is 3.96. The number of nitriles is 1. The van der Waals surface area contributed by atoms with Gasteiger partial charge in [0.25, 0.3) is 0 Å². The van der Waals surface area contributed by atoms with Crippen molar-refractivity contribution in [3.63, 3.8) is 0 Å². The zero-order valence-corrected chi connectivity index (χ0v) is 10.7. The van der Waals surface area contributed by atoms with Crippen molar-refractivity contribution in [2.75, 3.05) is 45.7 Å². The fourth-order valence-corrected chi connectivity index (χ4v) is 1.34. The quantitative estimate of drug-likeness (QED) is 0.749. The Morgan fingerprint density at radius 1 is 1.39 bits per heavy atom. The van der Waals surface area contributed by atoms with Gasteiger partial charge in [-0.2, -0.15) is 5.26 Å². The van der Waals surface area contributed by atoms with Crippen LogP contribution < -0.4 is 5.32 Å². The first-order chi connectivity index (χ1) is 8.63. The third-order valence-electron chi connectivity index (χ3n) is 2.34. The van der Waals surface area contributed by atoms with Gasteiger partial charge in [0.1, 0.15) is 5.82 Å². The maximum atomic E-state index is 13.5. The Labute approximate surface area is 107 Å². The van der Waals surface area contributed by atoms with Crippen LogP contribution in [0.25, 0.3) is 0 Å². The summed E-state index contributed by atoms with van der Waals surface area (Å²) < 4.78 is 18.8. The summed E-state index contributed by atoms with van der Waals surface area (Å²) in [5, 5.41) is 11.5. The van der Waals surface area contributed by atoms with Crippen LogP contribution in [0.1, 0.15) is 5.56 Å². The number of nitrogens with one attached hydrogen (secondary N) is 1. The van der Waals surface area contributed by atoms with Crippen molar-refractivity contribution in [2.24, 2.45) is 0 Å². The Hall–Kier alpha value is -1.64. The Kier molecular flexibility index (Phi) is 6.12. The Balaban J connectivity index is 2.25. The zero-order chi connectivity index (χ0) is 13.4. The van der Waals surface area contributed by atoms with Crippen molar-refractivity contribution in [2.45, 2.75) is 0 Å². The van der Waals surface area contributed by atoms with Crippen LogP contribution in [-0.2, 0) is 4.74 Å². The van der Waals surface area contributed by atoms with Gasteiger partial charge in [-0.25, -0.2) is 4.39 Å². The highest BCUT2D eigenvalue weighted by molar-refractivity contribution is 5.48. The van der Waals surface area contributed by atoms with Gasteiger partial charge < -0.3 is 15.0 Å². The monoisotopic (exact) mass is 251 g/mol. The Morgan fingerprint density at radius 3 is 2.78 bits per heavy atom. The van der Waals surface area contributed by atoms with Crippen molar-refractivity contribution in [1.29, 1.82) is 5.26 Å². The molecular weight excluding hydrogens is 233 g/mol. The summed E-state index contributed by atoms with van der Waals surface area (Å²) in [5.41, 5.74) is 0.713. The first-order valence-corrected chi connectivity index (χ1v) is 5.79. The van der Waals surface area contributed by atoms with Crippen LogP contribution in [0.2, 0.25) is 0 Å². The van der Waals surface area contributed by atoms with Crippen molar-refractivity contribution in [3.05, 3.63) is 29.6 Å². The average Bonchev–Trinajstić information content (AvgIpc) is 2.34. The van der Waals surface area contributed by atoms with Crippen LogP contribution >= 0.6 is 0 Å². The lowest BCUT2D eigenvalue weighted by Gasteiger charge is -2.11. The number of halogens is 1. The number of nitrogens with zero attached hydrogens (tertiary/aromatic N) is 2. The van der Waals surface area contributed by atoms with E-state index in [2.05, 4.69) is 5.32 Å². The fourth-order valence-electron chi connectivity index (χ4n) is 1.34. The summed E-state index contributed by atoms with van der Waals surface area (Å²) in [6, 6.07) is 6.25. The number of anilines is 1. The normalized spacial score (nSPS) is 10.4. The van der Waals surface area contributed by atoms with Gasteiger partial charge in [0, 0.05) is 13.1 Å². The molecule has 0 bridgehead atoms. The third-order valence-corrected chi connectivity index (χ3v) is 2.34. The Morgan fingerprint density at radius 2 is 2.17 bits per heavy atom. The van der Waals surface area contributed by atoms with Crippen LogP contribution in [0, 0.1) is 17.1 Å². The van der Waals surface area contributed by atoms with Gasteiger partial charge in [-0.05, 0) is 32.3 Å². The highest BCUT2D eigenvalue weighted by Gasteiger charge is 2.02. The number of hydrogen-bond donors (Lipinski definition) is 1. The molecule has 0 saturated heterocycles. The molecule has 0 aliphatic rings. The zero-order valence-electron chi connectivity index (χ0n) is 10.7. The number of ether oxygens (including phenoxy) is 1. The summed E-state index contributed by atoms with van der Waals surface area (Å²) in [6.45, 7) is 2.58. The molecule has 0 radical (unpaired) electrons. The molecule has 0 spiro atoms. The van der Waals surface area contributed by atoms with E-state index < -0.39 is 5.82 Å².